The molecule has 1 aliphatic heterocycles. The second-order valence-corrected chi connectivity index (χ2v) is 7.21. The van der Waals surface area contributed by atoms with E-state index >= 15 is 0 Å². The number of hydrogen-bond donors (Lipinski definition) is 1. The lowest BCUT2D eigenvalue weighted by Gasteiger charge is -2.34. The highest BCUT2D eigenvalue weighted by Gasteiger charge is 2.23. The van der Waals surface area contributed by atoms with Gasteiger partial charge in [0.15, 0.2) is 0 Å². The number of aromatic nitrogens is 1. The van der Waals surface area contributed by atoms with E-state index in [9.17, 15) is 9.90 Å². The van der Waals surface area contributed by atoms with Crippen molar-refractivity contribution in [3.63, 3.8) is 0 Å². The number of nitrogens with zero attached hydrogens (tertiary/aromatic N) is 3. The highest BCUT2D eigenvalue weighted by molar-refractivity contribution is 7.09. The van der Waals surface area contributed by atoms with Crippen LogP contribution in [0.5, 0.6) is 0 Å². The smallest absolute Gasteiger partial charge is 0.225 e. The molecule has 1 aliphatic rings. The molecule has 0 aliphatic carbocycles. The van der Waals surface area contributed by atoms with E-state index in [2.05, 4.69) is 15.3 Å². The standard InChI is InChI=1S/C18H23N3O2S/c1-14-19-16(13-24-14)12-20-7-9-21(10-8-20)18(23)11-17(22)15-5-3-2-4-6-15/h2-6,13,17,22H,7-12H2,1H3. The van der Waals surface area contributed by atoms with Crippen LogP contribution < -0.4 is 0 Å². The summed E-state index contributed by atoms with van der Waals surface area (Å²) < 4.78 is 0. The van der Waals surface area contributed by atoms with E-state index in [4.69, 9.17) is 0 Å². The number of benzene rings is 1. The van der Waals surface area contributed by atoms with Crippen LogP contribution in [0.4, 0.5) is 0 Å². The molecule has 0 spiro atoms. The summed E-state index contributed by atoms with van der Waals surface area (Å²) in [6, 6.07) is 9.36. The van der Waals surface area contributed by atoms with Crippen LogP contribution in [0.3, 0.4) is 0 Å². The predicted molar refractivity (Wildman–Crippen MR) is 94.7 cm³/mol. The number of aliphatic hydroxyl groups is 1. The van der Waals surface area contributed by atoms with Crippen molar-refractivity contribution < 1.29 is 9.90 Å². The first kappa shape index (κ1) is 17.1. The van der Waals surface area contributed by atoms with E-state index < -0.39 is 6.10 Å². The Bertz CT molecular complexity index is 666. The van der Waals surface area contributed by atoms with Crippen molar-refractivity contribution in [3.05, 3.63) is 52.0 Å². The summed E-state index contributed by atoms with van der Waals surface area (Å²) in [5.74, 6) is 0.0236. The molecule has 3 rings (SSSR count). The average molecular weight is 345 g/mol. The Hall–Kier alpha value is -1.76. The van der Waals surface area contributed by atoms with Crippen molar-refractivity contribution in [2.24, 2.45) is 0 Å². The lowest BCUT2D eigenvalue weighted by atomic mass is 10.1. The van der Waals surface area contributed by atoms with Crippen LogP contribution in [0.25, 0.3) is 0 Å². The second-order valence-electron chi connectivity index (χ2n) is 6.15. The minimum absolute atomic E-state index is 0.0236. The second kappa shape index (κ2) is 7.88. The van der Waals surface area contributed by atoms with Crippen LogP contribution in [0, 0.1) is 6.92 Å². The van der Waals surface area contributed by atoms with Gasteiger partial charge in [-0.05, 0) is 12.5 Å². The lowest BCUT2D eigenvalue weighted by molar-refractivity contribution is -0.135. The lowest BCUT2D eigenvalue weighted by Crippen LogP contribution is -2.48. The van der Waals surface area contributed by atoms with E-state index in [1.807, 2.05) is 42.2 Å². The highest BCUT2D eigenvalue weighted by atomic mass is 32.1. The molecular weight excluding hydrogens is 322 g/mol. The summed E-state index contributed by atoms with van der Waals surface area (Å²) in [6.45, 7) is 5.99. The SMILES string of the molecule is Cc1nc(CN2CCN(C(=O)CC(O)c3ccccc3)CC2)cs1. The molecule has 128 valence electrons. The minimum Gasteiger partial charge on any atom is -0.388 e. The number of aryl methyl sites for hydroxylation is 1. The van der Waals surface area contributed by atoms with Gasteiger partial charge < -0.3 is 10.0 Å². The van der Waals surface area contributed by atoms with Crippen molar-refractivity contribution in [3.8, 4) is 0 Å². The molecule has 1 aromatic carbocycles. The normalized spacial score (nSPS) is 17.0. The largest absolute Gasteiger partial charge is 0.388 e. The van der Waals surface area contributed by atoms with Crippen LogP contribution >= 0.6 is 11.3 Å². The van der Waals surface area contributed by atoms with Crippen molar-refractivity contribution in [1.29, 1.82) is 0 Å². The monoisotopic (exact) mass is 345 g/mol. The summed E-state index contributed by atoms with van der Waals surface area (Å²) >= 11 is 1.67. The van der Waals surface area contributed by atoms with Gasteiger partial charge in [0, 0.05) is 38.1 Å². The average Bonchev–Trinajstić information content (AvgIpc) is 3.01. The van der Waals surface area contributed by atoms with Gasteiger partial charge in [-0.1, -0.05) is 30.3 Å². The Balaban J connectivity index is 1.46. The first-order valence-electron chi connectivity index (χ1n) is 8.26. The molecule has 2 heterocycles. The molecule has 1 unspecified atom stereocenters. The van der Waals surface area contributed by atoms with Gasteiger partial charge in [0.2, 0.25) is 5.91 Å². The Labute approximate surface area is 146 Å². The van der Waals surface area contributed by atoms with Crippen LogP contribution in [0.2, 0.25) is 0 Å². The van der Waals surface area contributed by atoms with Crippen LogP contribution in [-0.4, -0.2) is 52.0 Å². The molecule has 0 radical (unpaired) electrons. The van der Waals surface area contributed by atoms with Gasteiger partial charge in [-0.3, -0.25) is 9.69 Å². The van der Waals surface area contributed by atoms with Crippen LogP contribution in [0.15, 0.2) is 35.7 Å². The third-order valence-corrected chi connectivity index (χ3v) is 5.15. The summed E-state index contributed by atoms with van der Waals surface area (Å²) in [4.78, 5) is 21.1. The quantitative estimate of drug-likeness (QED) is 0.903. The maximum absolute atomic E-state index is 12.4. The van der Waals surface area contributed by atoms with Gasteiger partial charge in [0.1, 0.15) is 0 Å². The molecule has 1 atom stereocenters. The van der Waals surface area contributed by atoms with Gasteiger partial charge in [-0.15, -0.1) is 11.3 Å². The zero-order valence-electron chi connectivity index (χ0n) is 13.9. The number of thiazole rings is 1. The molecule has 5 nitrogen and oxygen atoms in total. The van der Waals surface area contributed by atoms with Crippen molar-refractivity contribution in [2.45, 2.75) is 26.0 Å². The topological polar surface area (TPSA) is 56.7 Å². The number of carbonyl (C=O) groups excluding carboxylic acids is 1. The molecule has 1 amide bonds. The van der Waals surface area contributed by atoms with Gasteiger partial charge in [-0.25, -0.2) is 4.98 Å². The number of hydrogen-bond acceptors (Lipinski definition) is 5. The van der Waals surface area contributed by atoms with E-state index in [1.54, 1.807) is 11.3 Å². The molecule has 1 fully saturated rings. The number of piperazine rings is 1. The predicted octanol–water partition coefficient (Wildman–Crippen LogP) is 2.22. The van der Waals surface area contributed by atoms with E-state index in [0.29, 0.717) is 13.1 Å². The summed E-state index contributed by atoms with van der Waals surface area (Å²) in [6.07, 6.45) is -0.579. The maximum Gasteiger partial charge on any atom is 0.225 e. The zero-order chi connectivity index (χ0) is 16.9. The number of rotatable bonds is 5. The third kappa shape index (κ3) is 4.41. The minimum atomic E-state index is -0.727. The molecule has 2 aromatic rings. The molecule has 24 heavy (non-hydrogen) atoms. The Morgan fingerprint density at radius 1 is 1.25 bits per heavy atom. The van der Waals surface area contributed by atoms with E-state index in [0.717, 1.165) is 35.9 Å². The third-order valence-electron chi connectivity index (χ3n) is 4.33. The molecule has 0 saturated carbocycles. The van der Waals surface area contributed by atoms with E-state index in [-0.39, 0.29) is 12.3 Å². The Morgan fingerprint density at radius 3 is 2.58 bits per heavy atom. The molecule has 6 heteroatoms. The van der Waals surface area contributed by atoms with Crippen molar-refractivity contribution >= 4 is 17.2 Å². The number of amides is 1. The van der Waals surface area contributed by atoms with Crippen LogP contribution in [0.1, 0.15) is 28.8 Å². The fraction of sp³-hybridized carbons (Fsp3) is 0.444. The summed E-state index contributed by atoms with van der Waals surface area (Å²) in [5, 5.41) is 13.4. The van der Waals surface area contributed by atoms with Gasteiger partial charge in [-0.2, -0.15) is 0 Å². The molecule has 1 N–H and O–H groups in total. The van der Waals surface area contributed by atoms with Gasteiger partial charge in [0.25, 0.3) is 0 Å². The highest BCUT2D eigenvalue weighted by Crippen LogP contribution is 2.18. The van der Waals surface area contributed by atoms with Gasteiger partial charge in [0.05, 0.1) is 23.2 Å². The van der Waals surface area contributed by atoms with Gasteiger partial charge >= 0.3 is 0 Å². The van der Waals surface area contributed by atoms with Crippen LogP contribution in [-0.2, 0) is 11.3 Å². The van der Waals surface area contributed by atoms with Crippen molar-refractivity contribution in [1.82, 2.24) is 14.8 Å². The first-order valence-corrected chi connectivity index (χ1v) is 9.14. The number of carbonyl (C=O) groups is 1. The summed E-state index contributed by atoms with van der Waals surface area (Å²) in [7, 11) is 0. The fourth-order valence-corrected chi connectivity index (χ4v) is 3.56. The molecule has 1 saturated heterocycles. The molecule has 0 bridgehead atoms. The zero-order valence-corrected chi connectivity index (χ0v) is 14.7. The van der Waals surface area contributed by atoms with E-state index in [1.165, 1.54) is 0 Å². The molecular formula is C18H23N3O2S. The Kier molecular flexibility index (Phi) is 5.60. The first-order chi connectivity index (χ1) is 11.6. The fourth-order valence-electron chi connectivity index (χ4n) is 2.95. The number of aliphatic hydroxyl groups excluding tert-OH is 1. The Morgan fingerprint density at radius 2 is 1.96 bits per heavy atom. The molecule has 1 aromatic heterocycles. The van der Waals surface area contributed by atoms with Crippen molar-refractivity contribution in [2.75, 3.05) is 26.2 Å². The maximum atomic E-state index is 12.4. The summed E-state index contributed by atoms with van der Waals surface area (Å²) in [5.41, 5.74) is 1.90.